The van der Waals surface area contributed by atoms with Crippen molar-refractivity contribution in [2.75, 3.05) is 10.7 Å². The number of hydrogen-bond acceptors (Lipinski definition) is 9. The second-order valence-electron chi connectivity index (χ2n) is 4.17. The maximum atomic E-state index is 5.36. The molecule has 0 atom stereocenters. The normalized spacial score (nSPS) is 10.6. The molecule has 0 saturated carbocycles. The van der Waals surface area contributed by atoms with E-state index in [1.54, 1.807) is 18.5 Å². The Morgan fingerprint density at radius 2 is 2.14 bits per heavy atom. The van der Waals surface area contributed by atoms with E-state index in [0.717, 1.165) is 5.69 Å². The Balaban J connectivity index is 1.82. The molecule has 3 aromatic rings. The summed E-state index contributed by atoms with van der Waals surface area (Å²) in [6.07, 6.45) is 3.35. The molecule has 0 bridgehead atoms. The van der Waals surface area contributed by atoms with Gasteiger partial charge in [-0.2, -0.15) is 20.1 Å². The van der Waals surface area contributed by atoms with E-state index >= 15 is 0 Å². The zero-order chi connectivity index (χ0) is 14.7. The number of hydrogen-bond donors (Lipinski definition) is 3. The van der Waals surface area contributed by atoms with Gasteiger partial charge in [-0.05, 0) is 13.0 Å². The number of nitrogens with one attached hydrogen (secondary N) is 2. The summed E-state index contributed by atoms with van der Waals surface area (Å²) in [7, 11) is 0. The van der Waals surface area contributed by atoms with Crippen molar-refractivity contribution in [1.82, 2.24) is 29.9 Å². The molecule has 10 nitrogen and oxygen atoms in total. The molecule has 3 aromatic heterocycles. The fraction of sp³-hybridized carbons (Fsp3) is 0.182. The van der Waals surface area contributed by atoms with Gasteiger partial charge >= 0.3 is 0 Å². The minimum absolute atomic E-state index is 0.228. The highest BCUT2D eigenvalue weighted by Crippen LogP contribution is 2.10. The highest BCUT2D eigenvalue weighted by molar-refractivity contribution is 5.37. The molecule has 0 aliphatic carbocycles. The van der Waals surface area contributed by atoms with Crippen molar-refractivity contribution < 1.29 is 4.52 Å². The van der Waals surface area contributed by atoms with Crippen molar-refractivity contribution in [3.8, 4) is 5.95 Å². The maximum absolute atomic E-state index is 5.36. The Bertz CT molecular complexity index is 721. The van der Waals surface area contributed by atoms with Gasteiger partial charge in [0.25, 0.3) is 5.95 Å². The van der Waals surface area contributed by atoms with Crippen LogP contribution in [0.4, 0.5) is 11.9 Å². The summed E-state index contributed by atoms with van der Waals surface area (Å²) >= 11 is 0. The number of hydrazine groups is 1. The van der Waals surface area contributed by atoms with Gasteiger partial charge in [-0.1, -0.05) is 5.16 Å². The highest BCUT2D eigenvalue weighted by Gasteiger charge is 2.08. The molecule has 108 valence electrons. The standard InChI is InChI=1S/C11H13N9O/c1-7-5-8(21-19-7)6-13-9-15-10(18-12)17-11(16-9)20-4-2-3-14-20/h2-5H,6,12H2,1H3,(H2,13,15,16,17,18). The third kappa shape index (κ3) is 2.95. The molecule has 0 fully saturated rings. The van der Waals surface area contributed by atoms with Crippen LogP contribution in [0.2, 0.25) is 0 Å². The molecule has 3 heterocycles. The fourth-order valence-corrected chi connectivity index (χ4v) is 1.66. The van der Waals surface area contributed by atoms with Crippen LogP contribution in [0.25, 0.3) is 5.95 Å². The van der Waals surface area contributed by atoms with Gasteiger partial charge in [-0.15, -0.1) is 0 Å². The van der Waals surface area contributed by atoms with Crippen LogP contribution in [0.5, 0.6) is 0 Å². The van der Waals surface area contributed by atoms with Gasteiger partial charge in [0.1, 0.15) is 0 Å². The summed E-state index contributed by atoms with van der Waals surface area (Å²) in [5.41, 5.74) is 3.20. The molecule has 10 heteroatoms. The zero-order valence-electron chi connectivity index (χ0n) is 11.2. The molecule has 0 aliphatic heterocycles. The molecule has 3 rings (SSSR count). The van der Waals surface area contributed by atoms with E-state index < -0.39 is 0 Å². The van der Waals surface area contributed by atoms with Crippen molar-refractivity contribution in [3.05, 3.63) is 36.0 Å². The number of nitrogens with zero attached hydrogens (tertiary/aromatic N) is 6. The first-order chi connectivity index (χ1) is 10.2. The lowest BCUT2D eigenvalue weighted by molar-refractivity contribution is 0.384. The summed E-state index contributed by atoms with van der Waals surface area (Å²) in [5, 5.41) is 10.9. The fourth-order valence-electron chi connectivity index (χ4n) is 1.66. The minimum atomic E-state index is 0.228. The molecular formula is C11H13N9O. The zero-order valence-corrected chi connectivity index (χ0v) is 11.2. The number of anilines is 2. The van der Waals surface area contributed by atoms with Crippen LogP contribution >= 0.6 is 0 Å². The lowest BCUT2D eigenvalue weighted by Crippen LogP contribution is -2.16. The predicted octanol–water partition coefficient (Wildman–Crippen LogP) is 0.251. The molecule has 0 unspecified atom stereocenters. The predicted molar refractivity (Wildman–Crippen MR) is 73.3 cm³/mol. The van der Waals surface area contributed by atoms with E-state index in [0.29, 0.717) is 24.2 Å². The first kappa shape index (κ1) is 13.0. The van der Waals surface area contributed by atoms with Gasteiger partial charge in [0, 0.05) is 18.5 Å². The number of rotatable bonds is 5. The number of nitrogens with two attached hydrogens (primary N) is 1. The van der Waals surface area contributed by atoms with Crippen molar-refractivity contribution in [3.63, 3.8) is 0 Å². The summed E-state index contributed by atoms with van der Waals surface area (Å²) < 4.78 is 6.61. The van der Waals surface area contributed by atoms with E-state index in [1.807, 2.05) is 13.0 Å². The minimum Gasteiger partial charge on any atom is -0.359 e. The van der Waals surface area contributed by atoms with Crippen LogP contribution in [0.15, 0.2) is 29.0 Å². The Kier molecular flexibility index (Phi) is 3.43. The van der Waals surface area contributed by atoms with E-state index in [2.05, 4.69) is 35.9 Å². The van der Waals surface area contributed by atoms with Crippen molar-refractivity contribution >= 4 is 11.9 Å². The lowest BCUT2D eigenvalue weighted by Gasteiger charge is -2.07. The quantitative estimate of drug-likeness (QED) is 0.446. The van der Waals surface area contributed by atoms with Crippen LogP contribution in [-0.4, -0.2) is 29.9 Å². The van der Waals surface area contributed by atoms with Gasteiger partial charge in [-0.25, -0.2) is 10.5 Å². The lowest BCUT2D eigenvalue weighted by atomic mass is 10.4. The first-order valence-corrected chi connectivity index (χ1v) is 6.13. The van der Waals surface area contributed by atoms with E-state index in [9.17, 15) is 0 Å². The summed E-state index contributed by atoms with van der Waals surface area (Å²) in [4.78, 5) is 12.5. The SMILES string of the molecule is Cc1cc(CNc2nc(NN)nc(-n3cccn3)n2)on1. The molecular weight excluding hydrogens is 274 g/mol. The van der Waals surface area contributed by atoms with Gasteiger partial charge < -0.3 is 9.84 Å². The molecule has 21 heavy (non-hydrogen) atoms. The highest BCUT2D eigenvalue weighted by atomic mass is 16.5. The van der Waals surface area contributed by atoms with E-state index in [-0.39, 0.29) is 5.95 Å². The molecule has 0 saturated heterocycles. The van der Waals surface area contributed by atoms with Crippen LogP contribution < -0.4 is 16.6 Å². The van der Waals surface area contributed by atoms with Crippen LogP contribution in [0, 0.1) is 6.92 Å². The number of aryl methyl sites for hydroxylation is 1. The first-order valence-electron chi connectivity index (χ1n) is 6.13. The summed E-state index contributed by atoms with van der Waals surface area (Å²) in [5.74, 6) is 6.96. The average molecular weight is 287 g/mol. The van der Waals surface area contributed by atoms with E-state index in [1.165, 1.54) is 4.68 Å². The Hall–Kier alpha value is -3.01. The van der Waals surface area contributed by atoms with Gasteiger partial charge in [0.05, 0.1) is 12.2 Å². The van der Waals surface area contributed by atoms with Crippen molar-refractivity contribution in [2.24, 2.45) is 5.84 Å². The largest absolute Gasteiger partial charge is 0.359 e. The Morgan fingerprint density at radius 1 is 1.29 bits per heavy atom. The third-order valence-electron chi connectivity index (χ3n) is 2.56. The molecule has 4 N–H and O–H groups in total. The average Bonchev–Trinajstić information content (AvgIpc) is 3.16. The van der Waals surface area contributed by atoms with Crippen LogP contribution in [0.1, 0.15) is 11.5 Å². The van der Waals surface area contributed by atoms with Crippen molar-refractivity contribution in [1.29, 1.82) is 0 Å². The summed E-state index contributed by atoms with van der Waals surface area (Å²) in [6.45, 7) is 2.25. The van der Waals surface area contributed by atoms with E-state index in [4.69, 9.17) is 10.4 Å². The number of aromatic nitrogens is 6. The van der Waals surface area contributed by atoms with Crippen LogP contribution in [-0.2, 0) is 6.54 Å². The topological polar surface area (TPSA) is 133 Å². The molecule has 0 radical (unpaired) electrons. The third-order valence-corrected chi connectivity index (χ3v) is 2.56. The second kappa shape index (κ2) is 5.54. The molecule has 0 aliphatic rings. The number of nitrogen functional groups attached to an aromatic ring is 1. The second-order valence-corrected chi connectivity index (χ2v) is 4.17. The summed E-state index contributed by atoms with van der Waals surface area (Å²) in [6, 6.07) is 3.59. The molecule has 0 aromatic carbocycles. The maximum Gasteiger partial charge on any atom is 0.257 e. The van der Waals surface area contributed by atoms with Gasteiger partial charge in [0.2, 0.25) is 11.9 Å². The van der Waals surface area contributed by atoms with Crippen LogP contribution in [0.3, 0.4) is 0 Å². The van der Waals surface area contributed by atoms with Gasteiger partial charge in [-0.3, -0.25) is 5.43 Å². The Morgan fingerprint density at radius 3 is 2.81 bits per heavy atom. The molecule has 0 spiro atoms. The Labute approximate surface area is 119 Å². The monoisotopic (exact) mass is 287 g/mol. The van der Waals surface area contributed by atoms with Gasteiger partial charge in [0.15, 0.2) is 5.76 Å². The molecule has 0 amide bonds. The van der Waals surface area contributed by atoms with Crippen molar-refractivity contribution in [2.45, 2.75) is 13.5 Å². The smallest absolute Gasteiger partial charge is 0.257 e.